The number of hydrogen-bond acceptors (Lipinski definition) is 2. The normalized spacial score (nSPS) is 13.2. The average Bonchev–Trinajstić information content (AvgIpc) is 3.22. The van der Waals surface area contributed by atoms with Gasteiger partial charge in [0, 0.05) is 22.8 Å². The number of carbonyl (C=O) groups is 1. The third-order valence-electron chi connectivity index (χ3n) is 4.13. The smallest absolute Gasteiger partial charge is 0.262 e. The van der Waals surface area contributed by atoms with Gasteiger partial charge in [0.15, 0.2) is 0 Å². The number of fused-ring (bicyclic) bond motifs is 1. The molecule has 4 rings (SSSR count). The van der Waals surface area contributed by atoms with Crippen molar-refractivity contribution in [3.63, 3.8) is 0 Å². The summed E-state index contributed by atoms with van der Waals surface area (Å²) in [6.07, 6.45) is 2.48. The number of anilines is 1. The van der Waals surface area contributed by atoms with Crippen molar-refractivity contribution in [1.82, 2.24) is 10.2 Å². The molecule has 3 aromatic rings. The molecule has 1 aliphatic rings. The summed E-state index contributed by atoms with van der Waals surface area (Å²) in [4.78, 5) is 14.8. The fourth-order valence-corrected chi connectivity index (χ4v) is 3.11. The summed E-state index contributed by atoms with van der Waals surface area (Å²) in [6.45, 7) is 0.698. The average molecular weight is 324 g/mol. The van der Waals surface area contributed by atoms with Gasteiger partial charge in [0.25, 0.3) is 5.91 Å². The van der Waals surface area contributed by atoms with Gasteiger partial charge in [0.1, 0.15) is 0 Å². The van der Waals surface area contributed by atoms with Gasteiger partial charge in [-0.2, -0.15) is 5.10 Å². The zero-order valence-electron chi connectivity index (χ0n) is 12.3. The molecule has 1 amide bonds. The van der Waals surface area contributed by atoms with Crippen molar-refractivity contribution in [2.75, 3.05) is 11.4 Å². The van der Waals surface area contributed by atoms with E-state index in [1.54, 1.807) is 18.3 Å². The summed E-state index contributed by atoms with van der Waals surface area (Å²) in [5, 5.41) is 7.65. The molecule has 1 aliphatic heterocycles. The summed E-state index contributed by atoms with van der Waals surface area (Å²) in [5.41, 5.74) is 4.38. The lowest BCUT2D eigenvalue weighted by molar-refractivity contribution is 0.0990. The second kappa shape index (κ2) is 5.56. The van der Waals surface area contributed by atoms with Crippen LogP contribution < -0.4 is 4.90 Å². The summed E-state index contributed by atoms with van der Waals surface area (Å²) in [7, 11) is 0. The minimum absolute atomic E-state index is 0.0337. The van der Waals surface area contributed by atoms with Gasteiger partial charge in [-0.1, -0.05) is 41.9 Å². The Morgan fingerprint density at radius 2 is 1.91 bits per heavy atom. The lowest BCUT2D eigenvalue weighted by atomic mass is 10.1. The van der Waals surface area contributed by atoms with Gasteiger partial charge in [0.05, 0.1) is 17.5 Å². The molecule has 0 spiro atoms. The SMILES string of the molecule is O=C(c1cn[nH]c1-c1ccc(Cl)cc1)N1CCc2ccccc21. The Morgan fingerprint density at radius 3 is 2.74 bits per heavy atom. The number of nitrogens with one attached hydrogen (secondary N) is 1. The molecule has 0 fully saturated rings. The fourth-order valence-electron chi connectivity index (χ4n) is 2.98. The molecule has 0 atom stereocenters. The lowest BCUT2D eigenvalue weighted by Crippen LogP contribution is -2.29. The molecule has 2 aromatic carbocycles. The first-order valence-electron chi connectivity index (χ1n) is 7.43. The molecule has 0 saturated heterocycles. The van der Waals surface area contributed by atoms with Crippen LogP contribution in [0.15, 0.2) is 54.7 Å². The van der Waals surface area contributed by atoms with Crippen LogP contribution in [0.25, 0.3) is 11.3 Å². The number of benzene rings is 2. The molecule has 0 bridgehead atoms. The number of amides is 1. The number of aromatic nitrogens is 2. The highest BCUT2D eigenvalue weighted by atomic mass is 35.5. The van der Waals surface area contributed by atoms with Gasteiger partial charge >= 0.3 is 0 Å². The number of nitrogens with zero attached hydrogens (tertiary/aromatic N) is 2. The molecule has 5 heteroatoms. The van der Waals surface area contributed by atoms with Crippen LogP contribution in [0.1, 0.15) is 15.9 Å². The molecular weight excluding hydrogens is 310 g/mol. The van der Waals surface area contributed by atoms with Crippen LogP contribution in [0, 0.1) is 0 Å². The minimum atomic E-state index is -0.0337. The second-order valence-corrected chi connectivity index (χ2v) is 5.94. The van der Waals surface area contributed by atoms with Crippen molar-refractivity contribution in [2.45, 2.75) is 6.42 Å². The zero-order chi connectivity index (χ0) is 15.8. The van der Waals surface area contributed by atoms with Crippen molar-refractivity contribution >= 4 is 23.2 Å². The first kappa shape index (κ1) is 14.0. The van der Waals surface area contributed by atoms with Crippen LogP contribution in [-0.2, 0) is 6.42 Å². The minimum Gasteiger partial charge on any atom is -0.308 e. The Morgan fingerprint density at radius 1 is 1.13 bits per heavy atom. The number of halogens is 1. The number of aromatic amines is 1. The van der Waals surface area contributed by atoms with E-state index >= 15 is 0 Å². The first-order chi connectivity index (χ1) is 11.2. The van der Waals surface area contributed by atoms with Gasteiger partial charge in [-0.15, -0.1) is 0 Å². The van der Waals surface area contributed by atoms with Crippen LogP contribution in [0.5, 0.6) is 0 Å². The van der Waals surface area contributed by atoms with Gasteiger partial charge in [-0.25, -0.2) is 0 Å². The van der Waals surface area contributed by atoms with Crippen molar-refractivity contribution in [3.8, 4) is 11.3 Å². The third-order valence-corrected chi connectivity index (χ3v) is 4.39. The maximum absolute atomic E-state index is 13.0. The number of H-pyrrole nitrogens is 1. The molecular formula is C18H14ClN3O. The molecule has 0 radical (unpaired) electrons. The number of carbonyl (C=O) groups excluding carboxylic acids is 1. The van der Waals surface area contributed by atoms with Crippen LogP contribution in [-0.4, -0.2) is 22.6 Å². The van der Waals surface area contributed by atoms with Crippen molar-refractivity contribution < 1.29 is 4.79 Å². The van der Waals surface area contributed by atoms with Gasteiger partial charge in [0.2, 0.25) is 0 Å². The standard InChI is InChI=1S/C18H14ClN3O/c19-14-7-5-13(6-8-14)17-15(11-20-21-17)18(23)22-10-9-12-3-1-2-4-16(12)22/h1-8,11H,9-10H2,(H,20,21). The largest absolute Gasteiger partial charge is 0.308 e. The Bertz CT molecular complexity index is 870. The van der Waals surface area contributed by atoms with E-state index in [1.807, 2.05) is 35.2 Å². The third kappa shape index (κ3) is 2.41. The van der Waals surface area contributed by atoms with Gasteiger partial charge in [-0.3, -0.25) is 9.89 Å². The van der Waals surface area contributed by atoms with Crippen LogP contribution in [0.4, 0.5) is 5.69 Å². The summed E-state index contributed by atoms with van der Waals surface area (Å²) < 4.78 is 0. The highest BCUT2D eigenvalue weighted by Crippen LogP contribution is 2.31. The molecule has 0 aliphatic carbocycles. The van der Waals surface area contributed by atoms with E-state index in [4.69, 9.17) is 11.6 Å². The monoisotopic (exact) mass is 323 g/mol. The maximum Gasteiger partial charge on any atom is 0.262 e. The first-order valence-corrected chi connectivity index (χ1v) is 7.81. The maximum atomic E-state index is 13.0. The number of hydrogen-bond donors (Lipinski definition) is 1. The highest BCUT2D eigenvalue weighted by Gasteiger charge is 2.27. The van der Waals surface area contributed by atoms with Crippen LogP contribution in [0.3, 0.4) is 0 Å². The lowest BCUT2D eigenvalue weighted by Gasteiger charge is -2.17. The summed E-state index contributed by atoms with van der Waals surface area (Å²) in [5.74, 6) is -0.0337. The Hall–Kier alpha value is -2.59. The zero-order valence-corrected chi connectivity index (χ0v) is 13.0. The number of para-hydroxylation sites is 1. The molecule has 0 unspecified atom stereocenters. The molecule has 1 aromatic heterocycles. The fraction of sp³-hybridized carbons (Fsp3) is 0.111. The van der Waals surface area contributed by atoms with E-state index in [1.165, 1.54) is 5.56 Å². The Labute approximate surface area is 138 Å². The Kier molecular flexibility index (Phi) is 3.39. The predicted molar refractivity (Wildman–Crippen MR) is 90.9 cm³/mol. The molecule has 23 heavy (non-hydrogen) atoms. The van der Waals surface area contributed by atoms with E-state index < -0.39 is 0 Å². The molecule has 114 valence electrons. The van der Waals surface area contributed by atoms with Crippen molar-refractivity contribution in [2.24, 2.45) is 0 Å². The quantitative estimate of drug-likeness (QED) is 0.776. The second-order valence-electron chi connectivity index (χ2n) is 5.50. The molecule has 1 N–H and O–H groups in total. The topological polar surface area (TPSA) is 49.0 Å². The molecule has 0 saturated carbocycles. The summed E-state index contributed by atoms with van der Waals surface area (Å²) in [6, 6.07) is 15.4. The molecule has 2 heterocycles. The van der Waals surface area contributed by atoms with Crippen LogP contribution >= 0.6 is 11.6 Å². The van der Waals surface area contributed by atoms with E-state index in [-0.39, 0.29) is 5.91 Å². The van der Waals surface area contributed by atoms with E-state index in [0.717, 1.165) is 23.4 Å². The highest BCUT2D eigenvalue weighted by molar-refractivity contribution is 6.30. The molecule has 4 nitrogen and oxygen atoms in total. The van der Waals surface area contributed by atoms with E-state index in [2.05, 4.69) is 16.3 Å². The van der Waals surface area contributed by atoms with Gasteiger partial charge < -0.3 is 4.90 Å². The van der Waals surface area contributed by atoms with E-state index in [9.17, 15) is 4.79 Å². The summed E-state index contributed by atoms with van der Waals surface area (Å²) >= 11 is 5.93. The van der Waals surface area contributed by atoms with E-state index in [0.29, 0.717) is 17.1 Å². The van der Waals surface area contributed by atoms with Gasteiger partial charge in [-0.05, 0) is 30.2 Å². The Balaban J connectivity index is 1.71. The van der Waals surface area contributed by atoms with Crippen molar-refractivity contribution in [3.05, 3.63) is 70.9 Å². The number of rotatable bonds is 2. The van der Waals surface area contributed by atoms with Crippen LogP contribution in [0.2, 0.25) is 5.02 Å². The van der Waals surface area contributed by atoms with Crippen molar-refractivity contribution in [1.29, 1.82) is 0 Å². The predicted octanol–water partition coefficient (Wildman–Crippen LogP) is 3.93.